The second-order valence-corrected chi connectivity index (χ2v) is 5.66. The lowest BCUT2D eigenvalue weighted by molar-refractivity contribution is -0.274. The summed E-state index contributed by atoms with van der Waals surface area (Å²) in [4.78, 5) is 13.4. The largest absolute Gasteiger partial charge is 0.573 e. The molecule has 0 saturated carbocycles. The van der Waals surface area contributed by atoms with Gasteiger partial charge in [0.25, 0.3) is 11.8 Å². The van der Waals surface area contributed by atoms with E-state index in [-0.39, 0.29) is 23.1 Å². The molecule has 3 nitrogen and oxygen atoms in total. The molecule has 1 heterocycles. The third-order valence-electron chi connectivity index (χ3n) is 3.20. The lowest BCUT2D eigenvalue weighted by atomic mass is 10.1. The van der Waals surface area contributed by atoms with Gasteiger partial charge in [-0.2, -0.15) is 0 Å². The monoisotopic (exact) mass is 387 g/mol. The number of benzene rings is 1. The Bertz CT molecular complexity index is 566. The van der Waals surface area contributed by atoms with Gasteiger partial charge in [-0.05, 0) is 28.1 Å². The highest BCUT2D eigenvalue weighted by atomic mass is 79.9. The summed E-state index contributed by atoms with van der Waals surface area (Å²) in [7, 11) is 0. The van der Waals surface area contributed by atoms with E-state index in [0.29, 0.717) is 0 Å². The number of carbonyl (C=O) groups is 1. The van der Waals surface area contributed by atoms with Crippen LogP contribution in [0.1, 0.15) is 23.2 Å². The van der Waals surface area contributed by atoms with E-state index >= 15 is 0 Å². The average Bonchev–Trinajstić information content (AvgIpc) is 2.36. The maximum atomic E-state index is 13.1. The Hall–Kier alpha value is -1.38. The Morgan fingerprint density at radius 3 is 2.36 bits per heavy atom. The van der Waals surface area contributed by atoms with Crippen LogP contribution in [0, 0.1) is 0 Å². The number of amides is 1. The SMILES string of the molecule is O=C(c1c(Br)cccc1OC(F)(F)F)N1CCC(F)(F)CC1. The average molecular weight is 388 g/mol. The predicted octanol–water partition coefficient (Wildman–Crippen LogP) is 4.22. The number of hydrogen-bond donors (Lipinski definition) is 0. The molecule has 0 aromatic heterocycles. The van der Waals surface area contributed by atoms with E-state index in [4.69, 9.17) is 0 Å². The van der Waals surface area contributed by atoms with Gasteiger partial charge < -0.3 is 9.64 Å². The molecule has 1 amide bonds. The normalized spacial score (nSPS) is 18.2. The summed E-state index contributed by atoms with van der Waals surface area (Å²) in [6.07, 6.45) is -5.98. The Kier molecular flexibility index (Phi) is 4.65. The zero-order valence-electron chi connectivity index (χ0n) is 11.1. The molecule has 0 atom stereocenters. The summed E-state index contributed by atoms with van der Waals surface area (Å²) in [6, 6.07) is 3.67. The Balaban J connectivity index is 2.26. The van der Waals surface area contributed by atoms with Crippen LogP contribution in [-0.4, -0.2) is 36.2 Å². The maximum Gasteiger partial charge on any atom is 0.573 e. The standard InChI is InChI=1S/C13H11BrF5NO2/c14-8-2-1-3-9(22-13(17,18)19)10(8)11(21)20-6-4-12(15,16)5-7-20/h1-3H,4-7H2. The van der Waals surface area contributed by atoms with Crippen LogP contribution in [0.25, 0.3) is 0 Å². The molecule has 0 radical (unpaired) electrons. The van der Waals surface area contributed by atoms with Gasteiger partial charge in [0.1, 0.15) is 5.75 Å². The number of piperidine rings is 1. The lowest BCUT2D eigenvalue weighted by Gasteiger charge is -2.32. The Labute approximate surface area is 131 Å². The van der Waals surface area contributed by atoms with Gasteiger partial charge in [0, 0.05) is 30.4 Å². The molecule has 22 heavy (non-hydrogen) atoms. The second kappa shape index (κ2) is 6.02. The Morgan fingerprint density at radius 2 is 1.82 bits per heavy atom. The molecule has 0 aliphatic carbocycles. The molecule has 2 rings (SSSR count). The van der Waals surface area contributed by atoms with E-state index in [9.17, 15) is 26.7 Å². The van der Waals surface area contributed by atoms with Crippen molar-refractivity contribution in [2.45, 2.75) is 25.1 Å². The van der Waals surface area contributed by atoms with Gasteiger partial charge >= 0.3 is 6.36 Å². The van der Waals surface area contributed by atoms with Crippen molar-refractivity contribution < 1.29 is 31.5 Å². The van der Waals surface area contributed by atoms with Crippen molar-refractivity contribution in [2.75, 3.05) is 13.1 Å². The minimum Gasteiger partial charge on any atom is -0.405 e. The number of alkyl halides is 5. The van der Waals surface area contributed by atoms with Crippen LogP contribution in [0.3, 0.4) is 0 Å². The number of carbonyl (C=O) groups excluding carboxylic acids is 1. The molecule has 0 unspecified atom stereocenters. The van der Waals surface area contributed by atoms with Gasteiger partial charge in [-0.1, -0.05) is 6.07 Å². The van der Waals surface area contributed by atoms with E-state index in [0.717, 1.165) is 11.0 Å². The molecule has 1 aromatic rings. The third-order valence-corrected chi connectivity index (χ3v) is 3.86. The highest BCUT2D eigenvalue weighted by Crippen LogP contribution is 2.34. The van der Waals surface area contributed by atoms with Gasteiger partial charge in [0.2, 0.25) is 0 Å². The molecule has 0 N–H and O–H groups in total. The summed E-state index contributed by atoms with van der Waals surface area (Å²) in [6.45, 7) is -0.447. The molecule has 1 aromatic carbocycles. The van der Waals surface area contributed by atoms with Gasteiger partial charge in [-0.15, -0.1) is 13.2 Å². The fraction of sp³-hybridized carbons (Fsp3) is 0.462. The first-order chi connectivity index (χ1) is 10.1. The molecule has 1 fully saturated rings. The zero-order chi connectivity index (χ0) is 16.5. The number of ether oxygens (including phenoxy) is 1. The predicted molar refractivity (Wildman–Crippen MR) is 70.9 cm³/mol. The highest BCUT2D eigenvalue weighted by Gasteiger charge is 2.38. The van der Waals surface area contributed by atoms with Crippen molar-refractivity contribution >= 4 is 21.8 Å². The van der Waals surface area contributed by atoms with Crippen LogP contribution in [0.4, 0.5) is 22.0 Å². The smallest absolute Gasteiger partial charge is 0.405 e. The quantitative estimate of drug-likeness (QED) is 0.711. The fourth-order valence-electron chi connectivity index (χ4n) is 2.12. The van der Waals surface area contributed by atoms with Gasteiger partial charge in [-0.25, -0.2) is 8.78 Å². The van der Waals surface area contributed by atoms with Crippen LogP contribution in [-0.2, 0) is 0 Å². The van der Waals surface area contributed by atoms with Crippen molar-refractivity contribution in [3.63, 3.8) is 0 Å². The van der Waals surface area contributed by atoms with Gasteiger partial charge in [0.05, 0.1) is 5.56 Å². The number of rotatable bonds is 2. The van der Waals surface area contributed by atoms with Crippen LogP contribution in [0.15, 0.2) is 22.7 Å². The van der Waals surface area contributed by atoms with E-state index in [2.05, 4.69) is 20.7 Å². The summed E-state index contributed by atoms with van der Waals surface area (Å²) < 4.78 is 67.4. The van der Waals surface area contributed by atoms with Crippen molar-refractivity contribution in [1.29, 1.82) is 0 Å². The molecule has 1 aliphatic rings. The van der Waals surface area contributed by atoms with Crippen LogP contribution < -0.4 is 4.74 Å². The van der Waals surface area contributed by atoms with Crippen molar-refractivity contribution in [3.8, 4) is 5.75 Å². The van der Waals surface area contributed by atoms with Crippen molar-refractivity contribution in [1.82, 2.24) is 4.90 Å². The minimum atomic E-state index is -4.95. The number of likely N-dealkylation sites (tertiary alicyclic amines) is 1. The molecular formula is C13H11BrF5NO2. The molecular weight excluding hydrogens is 377 g/mol. The molecule has 0 spiro atoms. The third kappa shape index (κ3) is 4.08. The first-order valence-electron chi connectivity index (χ1n) is 6.30. The van der Waals surface area contributed by atoms with Crippen LogP contribution in [0.2, 0.25) is 0 Å². The Morgan fingerprint density at radius 1 is 1.23 bits per heavy atom. The van der Waals surface area contributed by atoms with Gasteiger partial charge in [-0.3, -0.25) is 4.79 Å². The fourth-order valence-corrected chi connectivity index (χ4v) is 2.63. The first-order valence-corrected chi connectivity index (χ1v) is 7.10. The summed E-state index contributed by atoms with van der Waals surface area (Å²) in [5, 5.41) is 0. The lowest BCUT2D eigenvalue weighted by Crippen LogP contribution is -2.43. The van der Waals surface area contributed by atoms with E-state index in [1.54, 1.807) is 0 Å². The summed E-state index contributed by atoms with van der Waals surface area (Å²) in [5.41, 5.74) is -0.329. The molecule has 1 aliphatic heterocycles. The molecule has 1 saturated heterocycles. The number of nitrogens with zero attached hydrogens (tertiary/aromatic N) is 1. The van der Waals surface area contributed by atoms with Crippen molar-refractivity contribution in [2.24, 2.45) is 0 Å². The highest BCUT2D eigenvalue weighted by molar-refractivity contribution is 9.10. The second-order valence-electron chi connectivity index (χ2n) is 4.81. The molecule has 0 bridgehead atoms. The number of halogens is 6. The van der Waals surface area contributed by atoms with Crippen LogP contribution >= 0.6 is 15.9 Å². The zero-order valence-corrected chi connectivity index (χ0v) is 12.7. The molecule has 9 heteroatoms. The van der Waals surface area contributed by atoms with Gasteiger partial charge in [0.15, 0.2) is 0 Å². The van der Waals surface area contributed by atoms with E-state index < -0.39 is 36.8 Å². The summed E-state index contributed by atoms with van der Waals surface area (Å²) in [5.74, 6) is -4.29. The topological polar surface area (TPSA) is 29.5 Å². The number of hydrogen-bond acceptors (Lipinski definition) is 2. The van der Waals surface area contributed by atoms with E-state index in [1.807, 2.05) is 0 Å². The minimum absolute atomic E-state index is 0.108. The maximum absolute atomic E-state index is 13.1. The van der Waals surface area contributed by atoms with Crippen LogP contribution in [0.5, 0.6) is 5.75 Å². The summed E-state index contributed by atoms with van der Waals surface area (Å²) >= 11 is 3.00. The van der Waals surface area contributed by atoms with E-state index in [1.165, 1.54) is 12.1 Å². The molecule has 122 valence electrons. The van der Waals surface area contributed by atoms with Crippen molar-refractivity contribution in [3.05, 3.63) is 28.2 Å². The first kappa shape index (κ1) is 17.0.